The van der Waals surface area contributed by atoms with Crippen molar-refractivity contribution in [2.45, 2.75) is 32.5 Å². The van der Waals surface area contributed by atoms with E-state index >= 15 is 0 Å². The van der Waals surface area contributed by atoms with Crippen LogP contribution in [0.4, 0.5) is 4.79 Å². The summed E-state index contributed by atoms with van der Waals surface area (Å²) in [6, 6.07) is 5.07. The van der Waals surface area contributed by atoms with Gasteiger partial charge in [-0.2, -0.15) is 0 Å². The Kier molecular flexibility index (Phi) is 7.12. The first-order valence-corrected chi connectivity index (χ1v) is 8.03. The molecular weight excluding hydrogens is 374 g/mol. The molecule has 0 saturated heterocycles. The second-order valence-corrected chi connectivity index (χ2v) is 7.10. The molecule has 22 heavy (non-hydrogen) atoms. The molecule has 0 bridgehead atoms. The molecule has 0 saturated carbocycles. The van der Waals surface area contributed by atoms with E-state index in [1.165, 1.54) is 4.90 Å². The van der Waals surface area contributed by atoms with Gasteiger partial charge in [0.05, 0.1) is 24.3 Å². The molecule has 5 nitrogen and oxygen atoms in total. The van der Waals surface area contributed by atoms with Crippen molar-refractivity contribution >= 4 is 33.6 Å². The Balaban J connectivity index is 2.80. The summed E-state index contributed by atoms with van der Waals surface area (Å²) in [5, 5.41) is 19.8. The van der Waals surface area contributed by atoms with Crippen molar-refractivity contribution < 1.29 is 19.7 Å². The third kappa shape index (κ3) is 6.12. The van der Waals surface area contributed by atoms with Crippen LogP contribution in [0.25, 0.3) is 0 Å². The predicted octanol–water partition coefficient (Wildman–Crippen LogP) is 3.37. The summed E-state index contributed by atoms with van der Waals surface area (Å²) in [6.45, 7) is 5.14. The Bertz CT molecular complexity index is 519. The molecule has 1 aromatic rings. The van der Waals surface area contributed by atoms with Crippen molar-refractivity contribution in [3.05, 3.63) is 33.3 Å². The van der Waals surface area contributed by atoms with Gasteiger partial charge in [0.25, 0.3) is 0 Å². The van der Waals surface area contributed by atoms with Crippen molar-refractivity contribution in [2.24, 2.45) is 0 Å². The van der Waals surface area contributed by atoms with Crippen molar-refractivity contribution in [3.63, 3.8) is 0 Å². The Labute approximate surface area is 144 Å². The maximum atomic E-state index is 12.1. The molecule has 0 aromatic heterocycles. The van der Waals surface area contributed by atoms with Gasteiger partial charge in [0.2, 0.25) is 0 Å². The van der Waals surface area contributed by atoms with Crippen LogP contribution in [0.5, 0.6) is 0 Å². The molecule has 1 amide bonds. The van der Waals surface area contributed by atoms with Crippen molar-refractivity contribution in [1.29, 1.82) is 0 Å². The summed E-state index contributed by atoms with van der Waals surface area (Å²) in [6.07, 6.45) is -1.51. The first kappa shape index (κ1) is 19.2. The highest BCUT2D eigenvalue weighted by molar-refractivity contribution is 9.10. The fourth-order valence-corrected chi connectivity index (χ4v) is 2.17. The molecular formula is C15H21BrClNO4. The van der Waals surface area contributed by atoms with Crippen LogP contribution in [0, 0.1) is 0 Å². The van der Waals surface area contributed by atoms with E-state index < -0.39 is 17.8 Å². The maximum absolute atomic E-state index is 12.1. The molecule has 124 valence electrons. The Hall–Kier alpha value is -0.820. The van der Waals surface area contributed by atoms with E-state index in [0.717, 1.165) is 4.47 Å². The Morgan fingerprint density at radius 3 is 2.59 bits per heavy atom. The second-order valence-electron chi connectivity index (χ2n) is 5.84. The summed E-state index contributed by atoms with van der Waals surface area (Å²) in [5.41, 5.74) is -0.0591. The minimum absolute atomic E-state index is 0.00738. The van der Waals surface area contributed by atoms with Gasteiger partial charge in [0, 0.05) is 11.0 Å². The number of aliphatic hydroxyl groups is 2. The van der Waals surface area contributed by atoms with Gasteiger partial charge < -0.3 is 19.8 Å². The summed E-state index contributed by atoms with van der Waals surface area (Å²) in [4.78, 5) is 13.4. The number of aliphatic hydroxyl groups excluding tert-OH is 2. The van der Waals surface area contributed by atoms with Crippen molar-refractivity contribution in [3.8, 4) is 0 Å². The molecule has 0 fully saturated rings. The lowest BCUT2D eigenvalue weighted by molar-refractivity contribution is 0.0109. The van der Waals surface area contributed by atoms with Crippen LogP contribution in [0.3, 0.4) is 0 Å². The normalized spacial score (nSPS) is 12.9. The fraction of sp³-hybridized carbons (Fsp3) is 0.533. The standard InChI is InChI=1S/C15H21BrClNO4/c1-15(2,3)22-14(21)18(6-7-19)9-13(20)10-4-5-11(16)12(17)8-10/h4-5,8,13,19-20H,6-7,9H2,1-3H3. The highest BCUT2D eigenvalue weighted by Crippen LogP contribution is 2.26. The number of rotatable bonds is 5. The van der Waals surface area contributed by atoms with E-state index in [0.29, 0.717) is 10.6 Å². The van der Waals surface area contributed by atoms with Crippen LogP contribution < -0.4 is 0 Å². The highest BCUT2D eigenvalue weighted by Gasteiger charge is 2.24. The number of hydrogen-bond donors (Lipinski definition) is 2. The number of halogens is 2. The molecule has 1 atom stereocenters. The summed E-state index contributed by atoms with van der Waals surface area (Å²) in [5.74, 6) is 0. The molecule has 0 aliphatic carbocycles. The topological polar surface area (TPSA) is 70.0 Å². The number of benzene rings is 1. The van der Waals surface area contributed by atoms with E-state index in [-0.39, 0.29) is 19.7 Å². The highest BCUT2D eigenvalue weighted by atomic mass is 79.9. The molecule has 0 aliphatic rings. The van der Waals surface area contributed by atoms with Gasteiger partial charge in [-0.1, -0.05) is 17.7 Å². The van der Waals surface area contributed by atoms with Gasteiger partial charge in [-0.15, -0.1) is 0 Å². The van der Waals surface area contributed by atoms with Gasteiger partial charge in [0.1, 0.15) is 5.60 Å². The zero-order valence-electron chi connectivity index (χ0n) is 12.8. The molecule has 0 aliphatic heterocycles. The molecule has 7 heteroatoms. The summed E-state index contributed by atoms with van der Waals surface area (Å²) in [7, 11) is 0. The lowest BCUT2D eigenvalue weighted by Gasteiger charge is -2.28. The number of carbonyl (C=O) groups excluding carboxylic acids is 1. The SMILES string of the molecule is CC(C)(C)OC(=O)N(CCO)CC(O)c1ccc(Br)c(Cl)c1. The van der Waals surface area contributed by atoms with Crippen LogP contribution in [0.15, 0.2) is 22.7 Å². The first-order valence-electron chi connectivity index (χ1n) is 6.86. The van der Waals surface area contributed by atoms with Gasteiger partial charge in [-0.3, -0.25) is 0 Å². The quantitative estimate of drug-likeness (QED) is 0.803. The van der Waals surface area contributed by atoms with Crippen molar-refractivity contribution in [2.75, 3.05) is 19.7 Å². The Morgan fingerprint density at radius 2 is 2.09 bits per heavy atom. The lowest BCUT2D eigenvalue weighted by atomic mass is 10.1. The van der Waals surface area contributed by atoms with Gasteiger partial charge in [-0.25, -0.2) is 4.79 Å². The van der Waals surface area contributed by atoms with Gasteiger partial charge in [-0.05, 0) is 54.4 Å². The van der Waals surface area contributed by atoms with Crippen LogP contribution in [0.2, 0.25) is 5.02 Å². The second kappa shape index (κ2) is 8.15. The predicted molar refractivity (Wildman–Crippen MR) is 89.0 cm³/mol. The monoisotopic (exact) mass is 393 g/mol. The third-order valence-electron chi connectivity index (χ3n) is 2.74. The summed E-state index contributed by atoms with van der Waals surface area (Å²) < 4.78 is 5.99. The largest absolute Gasteiger partial charge is 0.444 e. The first-order chi connectivity index (χ1) is 10.1. The van der Waals surface area contributed by atoms with Crippen molar-refractivity contribution in [1.82, 2.24) is 4.90 Å². The average Bonchev–Trinajstić information content (AvgIpc) is 2.39. The minimum Gasteiger partial charge on any atom is -0.444 e. The maximum Gasteiger partial charge on any atom is 0.410 e. The number of hydrogen-bond acceptors (Lipinski definition) is 4. The fourth-order valence-electron chi connectivity index (χ4n) is 1.74. The van der Waals surface area contributed by atoms with Gasteiger partial charge >= 0.3 is 6.09 Å². The number of nitrogens with zero attached hydrogens (tertiary/aromatic N) is 1. The molecule has 1 unspecified atom stereocenters. The number of amides is 1. The zero-order valence-corrected chi connectivity index (χ0v) is 15.2. The van der Waals surface area contributed by atoms with Crippen LogP contribution in [0.1, 0.15) is 32.4 Å². The molecule has 0 radical (unpaired) electrons. The minimum atomic E-state index is -0.926. The Morgan fingerprint density at radius 1 is 1.45 bits per heavy atom. The molecule has 0 spiro atoms. The van der Waals surface area contributed by atoms with E-state index in [2.05, 4.69) is 15.9 Å². The number of carbonyl (C=O) groups is 1. The van der Waals surface area contributed by atoms with E-state index in [1.807, 2.05) is 0 Å². The molecule has 1 rings (SSSR count). The van der Waals surface area contributed by atoms with Crippen LogP contribution in [-0.4, -0.2) is 46.5 Å². The smallest absolute Gasteiger partial charge is 0.410 e. The molecule has 2 N–H and O–H groups in total. The van der Waals surface area contributed by atoms with E-state index in [4.69, 9.17) is 21.4 Å². The molecule has 0 heterocycles. The molecule has 1 aromatic carbocycles. The van der Waals surface area contributed by atoms with Crippen LogP contribution in [-0.2, 0) is 4.74 Å². The van der Waals surface area contributed by atoms with E-state index in [9.17, 15) is 9.90 Å². The average molecular weight is 395 g/mol. The van der Waals surface area contributed by atoms with Gasteiger partial charge in [0.15, 0.2) is 0 Å². The van der Waals surface area contributed by atoms with E-state index in [1.54, 1.807) is 39.0 Å². The summed E-state index contributed by atoms with van der Waals surface area (Å²) >= 11 is 9.28. The third-order valence-corrected chi connectivity index (χ3v) is 3.98. The van der Waals surface area contributed by atoms with Crippen LogP contribution >= 0.6 is 27.5 Å². The number of ether oxygens (including phenoxy) is 1. The lowest BCUT2D eigenvalue weighted by Crippen LogP contribution is -2.40. The zero-order chi connectivity index (χ0) is 16.9.